The summed E-state index contributed by atoms with van der Waals surface area (Å²) in [5.41, 5.74) is 0. The van der Waals surface area contributed by atoms with Gasteiger partial charge in [-0.3, -0.25) is 4.79 Å². The van der Waals surface area contributed by atoms with Crippen LogP contribution in [0.15, 0.2) is 12.7 Å². The summed E-state index contributed by atoms with van der Waals surface area (Å²) in [6.07, 6.45) is 5.73. The highest BCUT2D eigenvalue weighted by Crippen LogP contribution is 2.04. The minimum absolute atomic E-state index is 0.0411. The van der Waals surface area contributed by atoms with Crippen molar-refractivity contribution in [2.45, 2.75) is 39.5 Å². The number of allylic oxidation sites excluding steroid dienone is 1. The van der Waals surface area contributed by atoms with Crippen molar-refractivity contribution in [1.29, 1.82) is 0 Å². The average molecular weight is 184 g/mol. The minimum Gasteiger partial charge on any atom is -0.465 e. The quantitative estimate of drug-likeness (QED) is 0.345. The van der Waals surface area contributed by atoms with Gasteiger partial charge in [-0.25, -0.2) is 0 Å². The van der Waals surface area contributed by atoms with E-state index in [2.05, 4.69) is 6.58 Å². The molecule has 0 heterocycles. The monoisotopic (exact) mass is 184 g/mol. The van der Waals surface area contributed by atoms with Crippen molar-refractivity contribution in [2.24, 2.45) is 5.92 Å². The number of carbonyl (C=O) groups is 1. The lowest BCUT2D eigenvalue weighted by molar-refractivity contribution is -0.148. The molecule has 1 unspecified atom stereocenters. The molecule has 0 amide bonds. The molecule has 0 aliphatic rings. The molecule has 0 aliphatic heterocycles. The highest BCUT2D eigenvalue weighted by molar-refractivity contribution is 5.71. The highest BCUT2D eigenvalue weighted by Gasteiger charge is 2.10. The van der Waals surface area contributed by atoms with Crippen LogP contribution in [0.5, 0.6) is 0 Å². The summed E-state index contributed by atoms with van der Waals surface area (Å²) in [6.45, 7) is 8.06. The first-order valence-corrected chi connectivity index (χ1v) is 4.99. The number of rotatable bonds is 7. The molecule has 0 fully saturated rings. The maximum Gasteiger partial charge on any atom is 0.308 e. The van der Waals surface area contributed by atoms with Crippen molar-refractivity contribution >= 4 is 5.97 Å². The molecule has 76 valence electrons. The van der Waals surface area contributed by atoms with Crippen molar-refractivity contribution in [3.05, 3.63) is 12.7 Å². The molecule has 1 atom stereocenters. The number of hydrogen-bond acceptors (Lipinski definition) is 2. The number of hydrogen-bond donors (Lipinski definition) is 0. The number of esters is 1. The Balaban J connectivity index is 3.31. The summed E-state index contributed by atoms with van der Waals surface area (Å²) in [7, 11) is 0. The van der Waals surface area contributed by atoms with Crippen LogP contribution < -0.4 is 0 Å². The van der Waals surface area contributed by atoms with E-state index < -0.39 is 0 Å². The molecule has 13 heavy (non-hydrogen) atoms. The summed E-state index contributed by atoms with van der Waals surface area (Å²) in [5.74, 6) is -0.0273. The van der Waals surface area contributed by atoms with Gasteiger partial charge in [0.25, 0.3) is 0 Å². The van der Waals surface area contributed by atoms with Gasteiger partial charge in [0.2, 0.25) is 0 Å². The number of carbonyl (C=O) groups excluding carboxylic acids is 1. The summed E-state index contributed by atoms with van der Waals surface area (Å²) < 4.78 is 5.07. The Kier molecular flexibility index (Phi) is 7.36. The van der Waals surface area contributed by atoms with Crippen LogP contribution in [-0.2, 0) is 9.53 Å². The van der Waals surface area contributed by atoms with Crippen molar-refractivity contribution in [2.75, 3.05) is 6.61 Å². The maximum absolute atomic E-state index is 11.2. The van der Waals surface area contributed by atoms with Crippen molar-refractivity contribution in [1.82, 2.24) is 0 Å². The van der Waals surface area contributed by atoms with Crippen LogP contribution >= 0.6 is 0 Å². The van der Waals surface area contributed by atoms with Crippen molar-refractivity contribution in [3.63, 3.8) is 0 Å². The second-order valence-corrected chi connectivity index (χ2v) is 3.26. The van der Waals surface area contributed by atoms with Gasteiger partial charge in [0, 0.05) is 0 Å². The Morgan fingerprint density at radius 3 is 2.77 bits per heavy atom. The second-order valence-electron chi connectivity index (χ2n) is 3.26. The predicted molar refractivity (Wildman–Crippen MR) is 54.5 cm³/mol. The third-order valence-corrected chi connectivity index (χ3v) is 2.06. The lowest BCUT2D eigenvalue weighted by Gasteiger charge is -2.08. The van der Waals surface area contributed by atoms with Crippen LogP contribution in [0.25, 0.3) is 0 Å². The third kappa shape index (κ3) is 6.38. The molecule has 2 heteroatoms. The zero-order valence-corrected chi connectivity index (χ0v) is 8.71. The first-order chi connectivity index (χ1) is 6.22. The Bertz CT molecular complexity index is 152. The molecule has 0 bridgehead atoms. The molecule has 0 aliphatic carbocycles. The highest BCUT2D eigenvalue weighted by atomic mass is 16.5. The first-order valence-electron chi connectivity index (χ1n) is 4.99. The standard InChI is InChI=1S/C11H20O2/c1-4-6-7-8-9-13-11(12)10(3)5-2/h4,10H,1,5-9H2,2-3H3. The van der Waals surface area contributed by atoms with Gasteiger partial charge in [-0.1, -0.05) is 19.9 Å². The molecule has 0 aromatic rings. The predicted octanol–water partition coefficient (Wildman–Crippen LogP) is 2.93. The van der Waals surface area contributed by atoms with Crippen molar-refractivity contribution < 1.29 is 9.53 Å². The van der Waals surface area contributed by atoms with Gasteiger partial charge in [-0.05, 0) is 25.7 Å². The van der Waals surface area contributed by atoms with E-state index >= 15 is 0 Å². The van der Waals surface area contributed by atoms with E-state index in [9.17, 15) is 4.79 Å². The van der Waals surface area contributed by atoms with E-state index in [-0.39, 0.29) is 11.9 Å². The summed E-state index contributed by atoms with van der Waals surface area (Å²) in [6, 6.07) is 0. The molecular formula is C11H20O2. The fraction of sp³-hybridized carbons (Fsp3) is 0.727. The van der Waals surface area contributed by atoms with E-state index in [1.165, 1.54) is 0 Å². The topological polar surface area (TPSA) is 26.3 Å². The lowest BCUT2D eigenvalue weighted by Crippen LogP contribution is -2.14. The molecule has 0 rings (SSSR count). The summed E-state index contributed by atoms with van der Waals surface area (Å²) >= 11 is 0. The van der Waals surface area contributed by atoms with E-state index in [4.69, 9.17) is 4.74 Å². The zero-order valence-electron chi connectivity index (χ0n) is 8.71. The van der Waals surface area contributed by atoms with Crippen LogP contribution in [0.4, 0.5) is 0 Å². The number of ether oxygens (including phenoxy) is 1. The average Bonchev–Trinajstić information content (AvgIpc) is 2.16. The second kappa shape index (κ2) is 7.84. The fourth-order valence-corrected chi connectivity index (χ4v) is 0.872. The van der Waals surface area contributed by atoms with Crippen LogP contribution in [0.2, 0.25) is 0 Å². The molecular weight excluding hydrogens is 164 g/mol. The normalized spacial score (nSPS) is 12.2. The van der Waals surface area contributed by atoms with Gasteiger partial charge in [0.1, 0.15) is 0 Å². The Hall–Kier alpha value is -0.790. The zero-order chi connectivity index (χ0) is 10.1. The van der Waals surface area contributed by atoms with Crippen LogP contribution in [-0.4, -0.2) is 12.6 Å². The molecule has 0 saturated heterocycles. The molecule has 0 aromatic heterocycles. The van der Waals surface area contributed by atoms with Gasteiger partial charge < -0.3 is 4.74 Å². The largest absolute Gasteiger partial charge is 0.465 e. The molecule has 0 saturated carbocycles. The van der Waals surface area contributed by atoms with Gasteiger partial charge >= 0.3 is 5.97 Å². The van der Waals surface area contributed by atoms with E-state index in [0.717, 1.165) is 25.7 Å². The summed E-state index contributed by atoms with van der Waals surface area (Å²) in [4.78, 5) is 11.2. The SMILES string of the molecule is C=CCCCCOC(=O)C(C)CC. The molecule has 0 aromatic carbocycles. The fourth-order valence-electron chi connectivity index (χ4n) is 0.872. The van der Waals surface area contributed by atoms with Gasteiger partial charge in [-0.2, -0.15) is 0 Å². The minimum atomic E-state index is -0.0684. The van der Waals surface area contributed by atoms with E-state index in [1.54, 1.807) is 0 Å². The van der Waals surface area contributed by atoms with Gasteiger partial charge in [0.05, 0.1) is 12.5 Å². The Labute approximate surface area is 81.0 Å². The van der Waals surface area contributed by atoms with Crippen LogP contribution in [0.3, 0.4) is 0 Å². The van der Waals surface area contributed by atoms with Crippen molar-refractivity contribution in [3.8, 4) is 0 Å². The maximum atomic E-state index is 11.2. The number of unbranched alkanes of at least 4 members (excludes halogenated alkanes) is 2. The van der Waals surface area contributed by atoms with Gasteiger partial charge in [-0.15, -0.1) is 6.58 Å². The van der Waals surface area contributed by atoms with E-state index in [0.29, 0.717) is 6.61 Å². The van der Waals surface area contributed by atoms with Gasteiger partial charge in [0.15, 0.2) is 0 Å². The van der Waals surface area contributed by atoms with E-state index in [1.807, 2.05) is 19.9 Å². The Morgan fingerprint density at radius 1 is 1.54 bits per heavy atom. The molecule has 0 spiro atoms. The first kappa shape index (κ1) is 12.2. The third-order valence-electron chi connectivity index (χ3n) is 2.06. The molecule has 2 nitrogen and oxygen atoms in total. The Morgan fingerprint density at radius 2 is 2.23 bits per heavy atom. The van der Waals surface area contributed by atoms with Crippen LogP contribution in [0, 0.1) is 5.92 Å². The summed E-state index contributed by atoms with van der Waals surface area (Å²) in [5, 5.41) is 0. The smallest absolute Gasteiger partial charge is 0.308 e. The molecule has 0 radical (unpaired) electrons. The van der Waals surface area contributed by atoms with Crippen LogP contribution in [0.1, 0.15) is 39.5 Å². The lowest BCUT2D eigenvalue weighted by atomic mass is 10.1. The molecule has 0 N–H and O–H groups in total.